The van der Waals surface area contributed by atoms with Gasteiger partial charge in [0.05, 0.1) is 36.9 Å². The van der Waals surface area contributed by atoms with Gasteiger partial charge in [0.25, 0.3) is 5.56 Å². The number of nitrogens with one attached hydrogen (secondary N) is 1. The van der Waals surface area contributed by atoms with E-state index in [1.165, 1.54) is 0 Å². The highest BCUT2D eigenvalue weighted by Gasteiger charge is 2.26. The molecule has 176 valence electrons. The van der Waals surface area contributed by atoms with Crippen LogP contribution >= 0.6 is 0 Å². The van der Waals surface area contributed by atoms with Gasteiger partial charge in [-0.05, 0) is 44.0 Å². The topological polar surface area (TPSA) is 85.7 Å². The highest BCUT2D eigenvalue weighted by atomic mass is 16.5. The van der Waals surface area contributed by atoms with Gasteiger partial charge in [-0.1, -0.05) is 26.0 Å². The van der Waals surface area contributed by atoms with E-state index in [9.17, 15) is 9.59 Å². The maximum Gasteiger partial charge on any atom is 0.322 e. The Balaban J connectivity index is 2.00. The molecule has 8 nitrogen and oxygen atoms in total. The maximum atomic E-state index is 13.4. The summed E-state index contributed by atoms with van der Waals surface area (Å²) in [4.78, 5) is 33.1. The number of urea groups is 1. The van der Waals surface area contributed by atoms with Crippen LogP contribution < -0.4 is 20.3 Å². The van der Waals surface area contributed by atoms with Crippen LogP contribution in [0.25, 0.3) is 10.9 Å². The molecule has 3 aromatic rings. The molecule has 2 amide bonds. The van der Waals surface area contributed by atoms with Crippen LogP contribution in [0.2, 0.25) is 0 Å². The summed E-state index contributed by atoms with van der Waals surface area (Å²) in [7, 11) is 3.11. The lowest BCUT2D eigenvalue weighted by Crippen LogP contribution is -2.40. The SMILES string of the molecule is CCCN(C(=O)Nc1ccc(OC)cc1OC)C(C)c1nc2ccccc2c(=O)n1CCC. The van der Waals surface area contributed by atoms with Crippen molar-refractivity contribution < 1.29 is 14.3 Å². The number of methoxy groups -OCH3 is 2. The van der Waals surface area contributed by atoms with Crippen LogP contribution in [0.1, 0.15) is 45.5 Å². The summed E-state index contributed by atoms with van der Waals surface area (Å²) in [5, 5.41) is 3.52. The summed E-state index contributed by atoms with van der Waals surface area (Å²) in [6.45, 7) is 6.96. The fourth-order valence-electron chi connectivity index (χ4n) is 3.88. The second-order valence-corrected chi connectivity index (χ2v) is 7.81. The Morgan fingerprint density at radius 2 is 1.88 bits per heavy atom. The van der Waals surface area contributed by atoms with Crippen molar-refractivity contribution in [2.45, 2.75) is 46.2 Å². The zero-order valence-corrected chi connectivity index (χ0v) is 19.9. The van der Waals surface area contributed by atoms with Gasteiger partial charge in [0, 0.05) is 19.2 Å². The normalized spacial score (nSPS) is 11.8. The molecule has 33 heavy (non-hydrogen) atoms. The number of hydrogen-bond acceptors (Lipinski definition) is 5. The number of nitrogens with zero attached hydrogens (tertiary/aromatic N) is 3. The molecular formula is C25H32N4O4. The van der Waals surface area contributed by atoms with E-state index in [0.29, 0.717) is 47.0 Å². The van der Waals surface area contributed by atoms with Gasteiger partial charge in [-0.2, -0.15) is 0 Å². The van der Waals surface area contributed by atoms with Gasteiger partial charge in [-0.15, -0.1) is 0 Å². The molecule has 2 aromatic carbocycles. The first kappa shape index (κ1) is 24.1. The highest BCUT2D eigenvalue weighted by molar-refractivity contribution is 5.91. The van der Waals surface area contributed by atoms with Gasteiger partial charge in [-0.25, -0.2) is 9.78 Å². The molecule has 0 aliphatic carbocycles. The van der Waals surface area contributed by atoms with E-state index in [1.54, 1.807) is 48.0 Å². The van der Waals surface area contributed by atoms with Crippen LogP contribution in [0.4, 0.5) is 10.5 Å². The monoisotopic (exact) mass is 452 g/mol. The molecule has 1 heterocycles. The van der Waals surface area contributed by atoms with Crippen molar-refractivity contribution in [3.63, 3.8) is 0 Å². The Labute approximate surface area is 194 Å². The minimum absolute atomic E-state index is 0.0852. The van der Waals surface area contributed by atoms with E-state index in [-0.39, 0.29) is 11.6 Å². The van der Waals surface area contributed by atoms with Crippen LogP contribution in [-0.4, -0.2) is 41.2 Å². The molecule has 0 aliphatic heterocycles. The van der Waals surface area contributed by atoms with E-state index >= 15 is 0 Å². The van der Waals surface area contributed by atoms with Crippen molar-refractivity contribution in [3.05, 3.63) is 58.6 Å². The zero-order chi connectivity index (χ0) is 24.0. The molecule has 1 atom stereocenters. The van der Waals surface area contributed by atoms with Crippen molar-refractivity contribution in [2.75, 3.05) is 26.1 Å². The number of hydrogen-bond donors (Lipinski definition) is 1. The number of anilines is 1. The molecule has 0 bridgehead atoms. The van der Waals surface area contributed by atoms with Crippen LogP contribution in [0.15, 0.2) is 47.3 Å². The molecule has 0 radical (unpaired) electrons. The summed E-state index contributed by atoms with van der Waals surface area (Å²) in [6, 6.07) is 11.8. The molecule has 1 unspecified atom stereocenters. The molecule has 0 spiro atoms. The highest BCUT2D eigenvalue weighted by Crippen LogP contribution is 2.30. The number of rotatable bonds is 9. The standard InChI is InChI=1S/C25H32N4O4/c1-6-14-28(25(31)27-21-13-12-18(32-4)16-22(21)33-5)17(3)23-26-20-11-9-8-10-19(20)24(30)29(23)15-7-2/h8-13,16-17H,6-7,14-15H2,1-5H3,(H,27,31). The van der Waals surface area contributed by atoms with Gasteiger partial charge in [0.2, 0.25) is 0 Å². The Morgan fingerprint density at radius 3 is 2.55 bits per heavy atom. The number of ether oxygens (including phenoxy) is 2. The molecule has 0 aliphatic rings. The second kappa shape index (κ2) is 10.8. The van der Waals surface area contributed by atoms with Gasteiger partial charge in [0.1, 0.15) is 17.3 Å². The summed E-state index contributed by atoms with van der Waals surface area (Å²) in [5.74, 6) is 1.71. The molecule has 3 rings (SSSR count). The van der Waals surface area contributed by atoms with Crippen molar-refractivity contribution in [3.8, 4) is 11.5 Å². The lowest BCUT2D eigenvalue weighted by atomic mass is 10.2. The molecule has 0 fully saturated rings. The summed E-state index contributed by atoms with van der Waals surface area (Å²) in [6.07, 6.45) is 1.53. The number of benzene rings is 2. The number of carbonyl (C=O) groups is 1. The van der Waals surface area contributed by atoms with Crippen molar-refractivity contribution >= 4 is 22.6 Å². The van der Waals surface area contributed by atoms with E-state index in [4.69, 9.17) is 14.5 Å². The van der Waals surface area contributed by atoms with Gasteiger partial charge in [0.15, 0.2) is 0 Å². The average Bonchev–Trinajstić information content (AvgIpc) is 2.84. The third-order valence-electron chi connectivity index (χ3n) is 5.56. The van der Waals surface area contributed by atoms with Crippen molar-refractivity contribution in [1.29, 1.82) is 0 Å². The molecule has 8 heteroatoms. The van der Waals surface area contributed by atoms with Crippen molar-refractivity contribution in [1.82, 2.24) is 14.5 Å². The van der Waals surface area contributed by atoms with Crippen LogP contribution in [0.3, 0.4) is 0 Å². The predicted octanol–water partition coefficient (Wildman–Crippen LogP) is 4.83. The largest absolute Gasteiger partial charge is 0.497 e. The Bertz CT molecular complexity index is 1170. The van der Waals surface area contributed by atoms with E-state index in [1.807, 2.05) is 39.0 Å². The minimum Gasteiger partial charge on any atom is -0.497 e. The molecule has 0 saturated carbocycles. The number of amides is 2. The lowest BCUT2D eigenvalue weighted by Gasteiger charge is -2.30. The third kappa shape index (κ3) is 5.10. The molecule has 1 aromatic heterocycles. The first-order valence-corrected chi connectivity index (χ1v) is 11.2. The average molecular weight is 453 g/mol. The first-order chi connectivity index (χ1) is 15.9. The fraction of sp³-hybridized carbons (Fsp3) is 0.400. The number of fused-ring (bicyclic) bond motifs is 1. The predicted molar refractivity (Wildman–Crippen MR) is 130 cm³/mol. The number of carbonyl (C=O) groups excluding carboxylic acids is 1. The molecule has 1 N–H and O–H groups in total. The fourth-order valence-corrected chi connectivity index (χ4v) is 3.88. The molecular weight excluding hydrogens is 420 g/mol. The lowest BCUT2D eigenvalue weighted by molar-refractivity contribution is 0.188. The first-order valence-electron chi connectivity index (χ1n) is 11.2. The number of aromatic nitrogens is 2. The summed E-state index contributed by atoms with van der Waals surface area (Å²) in [5.41, 5.74) is 1.08. The van der Waals surface area contributed by atoms with Gasteiger partial charge < -0.3 is 19.7 Å². The number of para-hydroxylation sites is 1. The molecule has 0 saturated heterocycles. The van der Waals surface area contributed by atoms with Crippen LogP contribution in [0.5, 0.6) is 11.5 Å². The Kier molecular flexibility index (Phi) is 7.92. The zero-order valence-electron chi connectivity index (χ0n) is 19.9. The summed E-state index contributed by atoms with van der Waals surface area (Å²) >= 11 is 0. The minimum atomic E-state index is -0.418. The third-order valence-corrected chi connectivity index (χ3v) is 5.56. The van der Waals surface area contributed by atoms with Crippen LogP contribution in [0, 0.1) is 0 Å². The Morgan fingerprint density at radius 1 is 1.12 bits per heavy atom. The Hall–Kier alpha value is -3.55. The van der Waals surface area contributed by atoms with E-state index in [2.05, 4.69) is 5.32 Å². The van der Waals surface area contributed by atoms with Crippen LogP contribution in [-0.2, 0) is 6.54 Å². The summed E-state index contributed by atoms with van der Waals surface area (Å²) < 4.78 is 12.3. The maximum absolute atomic E-state index is 13.4. The smallest absolute Gasteiger partial charge is 0.322 e. The van der Waals surface area contributed by atoms with Crippen molar-refractivity contribution in [2.24, 2.45) is 0 Å². The van der Waals surface area contributed by atoms with E-state index < -0.39 is 6.04 Å². The van der Waals surface area contributed by atoms with E-state index in [0.717, 1.165) is 12.8 Å². The van der Waals surface area contributed by atoms with Gasteiger partial charge >= 0.3 is 6.03 Å². The van der Waals surface area contributed by atoms with Gasteiger partial charge in [-0.3, -0.25) is 9.36 Å². The quantitative estimate of drug-likeness (QED) is 0.503. The second-order valence-electron chi connectivity index (χ2n) is 7.81.